The molecule has 0 aliphatic heterocycles. The summed E-state index contributed by atoms with van der Waals surface area (Å²) in [5.74, 6) is 0. The van der Waals surface area contributed by atoms with Crippen LogP contribution in [-0.4, -0.2) is 8.24 Å². The average Bonchev–Trinajstić information content (AvgIpc) is 2.74. The van der Waals surface area contributed by atoms with E-state index in [1.54, 1.807) is 0 Å². The minimum Gasteiger partial charge on any atom is -0.350 e. The summed E-state index contributed by atoms with van der Waals surface area (Å²) in [4.78, 5) is 1.52. The number of allylic oxidation sites excluding steroid dienone is 2. The summed E-state index contributed by atoms with van der Waals surface area (Å²) in [6.45, 7) is 9.07. The van der Waals surface area contributed by atoms with E-state index < -0.39 is 8.24 Å². The van der Waals surface area contributed by atoms with Crippen LogP contribution in [0.4, 0.5) is 0 Å². The van der Waals surface area contributed by atoms with Crippen molar-refractivity contribution in [3.8, 4) is 0 Å². The van der Waals surface area contributed by atoms with Gasteiger partial charge in [-0.25, -0.2) is 0 Å². The van der Waals surface area contributed by atoms with E-state index in [-0.39, 0.29) is 0 Å². The molecule has 1 unspecified atom stereocenters. The lowest BCUT2D eigenvalue weighted by Crippen LogP contribution is -2.45. The van der Waals surface area contributed by atoms with E-state index in [9.17, 15) is 0 Å². The molecule has 0 spiro atoms. The molecular weight excluding hydrogens is 254 g/mol. The van der Waals surface area contributed by atoms with Crippen LogP contribution in [0.1, 0.15) is 29.8 Å². The Balaban J connectivity index is 2.35. The Morgan fingerprint density at radius 3 is 2.50 bits per heavy atom. The van der Waals surface area contributed by atoms with Gasteiger partial charge in [-0.3, -0.25) is 0 Å². The van der Waals surface area contributed by atoms with Gasteiger partial charge in [0.05, 0.1) is 0 Å². The van der Waals surface area contributed by atoms with Gasteiger partial charge < -0.3 is 5.40 Å². The lowest BCUT2D eigenvalue weighted by atomic mass is 10.1. The first kappa shape index (κ1) is 12.1. The summed E-state index contributed by atoms with van der Waals surface area (Å²) in [6, 6.07) is 8.73. The van der Waals surface area contributed by atoms with Crippen LogP contribution in [0.25, 0.3) is 15.7 Å². The fraction of sp³-hybridized carbons (Fsp3) is 0.333. The third-order valence-electron chi connectivity index (χ3n) is 4.03. The van der Waals surface area contributed by atoms with Gasteiger partial charge in [0.2, 0.25) is 0 Å². The molecule has 0 amide bonds. The summed E-state index contributed by atoms with van der Waals surface area (Å²) >= 11 is 1.94. The van der Waals surface area contributed by atoms with Gasteiger partial charge in [0.1, 0.15) is 8.24 Å². The maximum Gasteiger partial charge on any atom is 0.129 e. The van der Waals surface area contributed by atoms with Gasteiger partial charge in [-0.15, -0.1) is 11.3 Å². The van der Waals surface area contributed by atoms with Crippen LogP contribution >= 0.6 is 11.3 Å². The van der Waals surface area contributed by atoms with Crippen molar-refractivity contribution in [2.24, 2.45) is 5.40 Å². The van der Waals surface area contributed by atoms with Gasteiger partial charge in [0.15, 0.2) is 0 Å². The molecule has 0 radical (unpaired) electrons. The molecule has 1 heterocycles. The molecule has 1 atom stereocenters. The standard InChI is InChI=1S/C15H19NSSi/c1-9-10(2)15(18(3,4)16)14-13(9)11-7-5-6-8-12(11)17-14/h5-8,15H,16H2,1-4H3. The zero-order chi connectivity index (χ0) is 13.1. The van der Waals surface area contributed by atoms with Crippen LogP contribution in [0.2, 0.25) is 13.1 Å². The molecule has 0 bridgehead atoms. The lowest BCUT2D eigenvalue weighted by Gasteiger charge is -2.26. The van der Waals surface area contributed by atoms with E-state index in [0.29, 0.717) is 5.54 Å². The van der Waals surface area contributed by atoms with Gasteiger partial charge in [0.25, 0.3) is 0 Å². The van der Waals surface area contributed by atoms with Crippen LogP contribution in [0, 0.1) is 0 Å². The minimum absolute atomic E-state index is 0.505. The molecule has 0 saturated heterocycles. The maximum atomic E-state index is 6.54. The molecule has 2 aromatic rings. The molecule has 0 saturated carbocycles. The highest BCUT2D eigenvalue weighted by atomic mass is 32.1. The predicted molar refractivity (Wildman–Crippen MR) is 84.5 cm³/mol. The van der Waals surface area contributed by atoms with Crippen molar-refractivity contribution >= 4 is 35.2 Å². The summed E-state index contributed by atoms with van der Waals surface area (Å²) in [6.07, 6.45) is 0. The Morgan fingerprint density at radius 2 is 1.83 bits per heavy atom. The molecule has 1 aliphatic rings. The highest BCUT2D eigenvalue weighted by molar-refractivity contribution is 7.20. The Morgan fingerprint density at radius 1 is 1.17 bits per heavy atom. The van der Waals surface area contributed by atoms with Crippen LogP contribution in [0.15, 0.2) is 29.8 Å². The molecule has 3 heteroatoms. The lowest BCUT2D eigenvalue weighted by molar-refractivity contribution is 1.09. The van der Waals surface area contributed by atoms with Crippen LogP contribution in [0.5, 0.6) is 0 Å². The fourth-order valence-corrected chi connectivity index (χ4v) is 7.72. The van der Waals surface area contributed by atoms with Crippen molar-refractivity contribution < 1.29 is 0 Å². The van der Waals surface area contributed by atoms with E-state index in [1.807, 2.05) is 11.3 Å². The van der Waals surface area contributed by atoms with Crippen molar-refractivity contribution in [1.29, 1.82) is 0 Å². The van der Waals surface area contributed by atoms with Gasteiger partial charge in [-0.2, -0.15) is 0 Å². The van der Waals surface area contributed by atoms with E-state index in [0.717, 1.165) is 0 Å². The first-order valence-corrected chi connectivity index (χ1v) is 10.4. The summed E-state index contributed by atoms with van der Waals surface area (Å²) in [5.41, 5.74) is 4.94. The van der Waals surface area contributed by atoms with E-state index in [2.05, 4.69) is 51.2 Å². The third kappa shape index (κ3) is 1.54. The maximum absolute atomic E-state index is 6.54. The zero-order valence-corrected chi connectivity index (χ0v) is 13.2. The Bertz CT molecular complexity index is 661. The quantitative estimate of drug-likeness (QED) is 0.761. The predicted octanol–water partition coefficient (Wildman–Crippen LogP) is 4.49. The topological polar surface area (TPSA) is 26.0 Å². The number of nitrogens with two attached hydrogens (primary N) is 1. The summed E-state index contributed by atoms with van der Waals surface area (Å²) < 4.78 is 1.40. The second kappa shape index (κ2) is 3.79. The third-order valence-corrected chi connectivity index (χ3v) is 7.68. The molecule has 1 aliphatic carbocycles. The number of rotatable bonds is 1. The van der Waals surface area contributed by atoms with Gasteiger partial charge in [0, 0.05) is 20.5 Å². The molecule has 1 aromatic heterocycles. The van der Waals surface area contributed by atoms with Gasteiger partial charge in [-0.1, -0.05) is 36.9 Å². The second-order valence-corrected chi connectivity index (χ2v) is 11.2. The Kier molecular flexibility index (Phi) is 2.56. The number of fused-ring (bicyclic) bond motifs is 3. The van der Waals surface area contributed by atoms with Crippen molar-refractivity contribution in [2.75, 3.05) is 0 Å². The van der Waals surface area contributed by atoms with Crippen LogP contribution in [0.3, 0.4) is 0 Å². The second-order valence-electron chi connectivity index (χ2n) is 5.90. The summed E-state index contributed by atoms with van der Waals surface area (Å²) in [5, 5.41) is 7.95. The van der Waals surface area contributed by atoms with Gasteiger partial charge >= 0.3 is 0 Å². The number of hydrogen-bond acceptors (Lipinski definition) is 2. The van der Waals surface area contributed by atoms with Crippen molar-refractivity contribution in [1.82, 2.24) is 0 Å². The minimum atomic E-state index is -1.69. The zero-order valence-electron chi connectivity index (χ0n) is 11.4. The van der Waals surface area contributed by atoms with E-state index >= 15 is 0 Å². The molecule has 1 aromatic carbocycles. The molecule has 3 rings (SSSR count). The SMILES string of the molecule is CC1=C(C)C([Si](C)(C)N)c2sc3ccccc3c21. The molecule has 2 N–H and O–H groups in total. The van der Waals surface area contributed by atoms with Crippen LogP contribution in [-0.2, 0) is 0 Å². The molecule has 94 valence electrons. The monoisotopic (exact) mass is 273 g/mol. The number of thiophene rings is 1. The van der Waals surface area contributed by atoms with Crippen molar-refractivity contribution in [3.63, 3.8) is 0 Å². The van der Waals surface area contributed by atoms with E-state index in [4.69, 9.17) is 5.40 Å². The number of hydrogen-bond donors (Lipinski definition) is 1. The highest BCUT2D eigenvalue weighted by Gasteiger charge is 2.39. The Labute approximate surface area is 113 Å². The Hall–Kier alpha value is -0.903. The van der Waals surface area contributed by atoms with Gasteiger partial charge in [-0.05, 0) is 31.1 Å². The van der Waals surface area contributed by atoms with Crippen molar-refractivity contribution in [3.05, 3.63) is 40.3 Å². The van der Waals surface area contributed by atoms with E-state index in [1.165, 1.54) is 31.7 Å². The first-order chi connectivity index (χ1) is 8.41. The smallest absolute Gasteiger partial charge is 0.129 e. The molecule has 1 nitrogen and oxygen atoms in total. The average molecular weight is 273 g/mol. The molecule has 0 fully saturated rings. The molecule has 18 heavy (non-hydrogen) atoms. The first-order valence-electron chi connectivity index (χ1n) is 6.39. The molecular formula is C15H19NSSi. The van der Waals surface area contributed by atoms with Crippen molar-refractivity contribution in [2.45, 2.75) is 32.5 Å². The fourth-order valence-electron chi connectivity index (χ4n) is 3.16. The van der Waals surface area contributed by atoms with Crippen LogP contribution < -0.4 is 5.40 Å². The largest absolute Gasteiger partial charge is 0.350 e. The highest BCUT2D eigenvalue weighted by Crippen LogP contribution is 2.51. The normalized spacial score (nSPS) is 19.7. The number of benzene rings is 1. The summed E-state index contributed by atoms with van der Waals surface area (Å²) in [7, 11) is -1.69.